The Morgan fingerprint density at radius 3 is 2.65 bits per heavy atom. The van der Waals surface area contributed by atoms with E-state index in [9.17, 15) is 0 Å². The fourth-order valence-corrected chi connectivity index (χ4v) is 3.34. The van der Waals surface area contributed by atoms with Gasteiger partial charge in [0.05, 0.1) is 0 Å². The van der Waals surface area contributed by atoms with E-state index in [1.54, 1.807) is 0 Å². The van der Waals surface area contributed by atoms with Crippen LogP contribution in [-0.2, 0) is 6.54 Å². The third-order valence-corrected chi connectivity index (χ3v) is 4.85. The van der Waals surface area contributed by atoms with Crippen LogP contribution in [0, 0.1) is 9.49 Å². The SMILES string of the molecule is CC(C)CC1CN(Cc2ccc(I)cc2)C(C)CCN1. The summed E-state index contributed by atoms with van der Waals surface area (Å²) in [4.78, 5) is 2.65. The minimum atomic E-state index is 0.642. The Morgan fingerprint density at radius 1 is 1.30 bits per heavy atom. The standard InChI is InChI=1S/C17H27IN2/c1-13(2)10-17-12-20(14(3)8-9-19-17)11-15-4-6-16(18)7-5-15/h4-7,13-14,17,19H,8-12H2,1-3H3. The average Bonchev–Trinajstić information content (AvgIpc) is 2.54. The first-order chi connectivity index (χ1) is 9.54. The molecule has 0 bridgehead atoms. The molecule has 20 heavy (non-hydrogen) atoms. The maximum absolute atomic E-state index is 3.73. The molecule has 0 aromatic heterocycles. The third kappa shape index (κ3) is 5.01. The number of benzene rings is 1. The van der Waals surface area contributed by atoms with E-state index in [1.807, 2.05) is 0 Å². The highest BCUT2D eigenvalue weighted by atomic mass is 127. The number of nitrogens with one attached hydrogen (secondary N) is 1. The van der Waals surface area contributed by atoms with E-state index in [2.05, 4.69) is 77.8 Å². The summed E-state index contributed by atoms with van der Waals surface area (Å²) in [6.45, 7) is 10.4. The van der Waals surface area contributed by atoms with Gasteiger partial charge in [0.15, 0.2) is 0 Å². The fourth-order valence-electron chi connectivity index (χ4n) is 2.98. The molecule has 2 rings (SSSR count). The van der Waals surface area contributed by atoms with Crippen molar-refractivity contribution in [2.45, 2.75) is 52.2 Å². The molecule has 1 aromatic carbocycles. The Bertz CT molecular complexity index is 402. The van der Waals surface area contributed by atoms with Gasteiger partial charge in [0, 0.05) is 28.7 Å². The van der Waals surface area contributed by atoms with Crippen molar-refractivity contribution in [2.24, 2.45) is 5.92 Å². The normalized spacial score (nSPS) is 24.9. The van der Waals surface area contributed by atoms with Gasteiger partial charge in [-0.05, 0) is 72.5 Å². The third-order valence-electron chi connectivity index (χ3n) is 4.13. The lowest BCUT2D eigenvalue weighted by Crippen LogP contribution is -2.40. The quantitative estimate of drug-likeness (QED) is 0.790. The Kier molecular flexibility index (Phi) is 6.30. The molecule has 112 valence electrons. The minimum Gasteiger partial charge on any atom is -0.313 e. The molecule has 1 aliphatic heterocycles. The van der Waals surface area contributed by atoms with E-state index in [0.29, 0.717) is 12.1 Å². The number of hydrogen-bond acceptors (Lipinski definition) is 2. The van der Waals surface area contributed by atoms with E-state index < -0.39 is 0 Å². The van der Waals surface area contributed by atoms with E-state index in [1.165, 1.54) is 28.5 Å². The van der Waals surface area contributed by atoms with E-state index in [4.69, 9.17) is 0 Å². The van der Waals surface area contributed by atoms with Crippen molar-refractivity contribution in [2.75, 3.05) is 13.1 Å². The summed E-state index contributed by atoms with van der Waals surface area (Å²) in [5.74, 6) is 0.765. The smallest absolute Gasteiger partial charge is 0.0237 e. The van der Waals surface area contributed by atoms with E-state index in [-0.39, 0.29) is 0 Å². The van der Waals surface area contributed by atoms with Gasteiger partial charge in [-0.15, -0.1) is 0 Å². The van der Waals surface area contributed by atoms with Crippen LogP contribution in [0.3, 0.4) is 0 Å². The Morgan fingerprint density at radius 2 is 2.00 bits per heavy atom. The van der Waals surface area contributed by atoms with Crippen LogP contribution < -0.4 is 5.32 Å². The molecule has 1 heterocycles. The average molecular weight is 386 g/mol. The summed E-state index contributed by atoms with van der Waals surface area (Å²) in [7, 11) is 0. The van der Waals surface area contributed by atoms with Crippen LogP contribution in [0.4, 0.5) is 0 Å². The maximum Gasteiger partial charge on any atom is 0.0237 e. The highest BCUT2D eigenvalue weighted by Gasteiger charge is 2.23. The van der Waals surface area contributed by atoms with Crippen LogP contribution in [0.25, 0.3) is 0 Å². The first kappa shape index (κ1) is 16.2. The summed E-state index contributed by atoms with van der Waals surface area (Å²) in [5.41, 5.74) is 1.43. The zero-order chi connectivity index (χ0) is 14.5. The summed E-state index contributed by atoms with van der Waals surface area (Å²) in [6.07, 6.45) is 2.52. The number of hydrogen-bond donors (Lipinski definition) is 1. The Balaban J connectivity index is 2.00. The lowest BCUT2D eigenvalue weighted by atomic mass is 10.0. The second-order valence-corrected chi connectivity index (χ2v) is 7.72. The molecule has 1 saturated heterocycles. The predicted octanol–water partition coefficient (Wildman–Crippen LogP) is 3.89. The van der Waals surface area contributed by atoms with Crippen LogP contribution >= 0.6 is 22.6 Å². The first-order valence-corrected chi connectivity index (χ1v) is 8.84. The minimum absolute atomic E-state index is 0.642. The molecule has 0 aliphatic carbocycles. The number of rotatable bonds is 4. The van der Waals surface area contributed by atoms with E-state index in [0.717, 1.165) is 19.0 Å². The van der Waals surface area contributed by atoms with Crippen molar-refractivity contribution >= 4 is 22.6 Å². The van der Waals surface area contributed by atoms with Crippen molar-refractivity contribution < 1.29 is 0 Å². The molecular formula is C17H27IN2. The maximum atomic E-state index is 3.73. The predicted molar refractivity (Wildman–Crippen MR) is 94.9 cm³/mol. The monoisotopic (exact) mass is 386 g/mol. The van der Waals surface area contributed by atoms with Crippen molar-refractivity contribution in [3.05, 3.63) is 33.4 Å². The molecule has 1 fully saturated rings. The molecule has 1 N–H and O–H groups in total. The molecule has 2 nitrogen and oxygen atoms in total. The van der Waals surface area contributed by atoms with Gasteiger partial charge >= 0.3 is 0 Å². The summed E-state index contributed by atoms with van der Waals surface area (Å²) in [6, 6.07) is 10.3. The number of nitrogens with zero attached hydrogens (tertiary/aromatic N) is 1. The van der Waals surface area contributed by atoms with Gasteiger partial charge in [0.25, 0.3) is 0 Å². The molecule has 0 saturated carbocycles. The van der Waals surface area contributed by atoms with Gasteiger partial charge in [-0.25, -0.2) is 0 Å². The van der Waals surface area contributed by atoms with Crippen LogP contribution in [0.2, 0.25) is 0 Å². The van der Waals surface area contributed by atoms with Gasteiger partial charge < -0.3 is 5.32 Å². The highest BCUT2D eigenvalue weighted by molar-refractivity contribution is 14.1. The van der Waals surface area contributed by atoms with E-state index >= 15 is 0 Å². The van der Waals surface area contributed by atoms with Gasteiger partial charge in [-0.2, -0.15) is 0 Å². The second kappa shape index (κ2) is 7.76. The lowest BCUT2D eigenvalue weighted by molar-refractivity contribution is 0.189. The molecular weight excluding hydrogens is 359 g/mol. The summed E-state index contributed by atoms with van der Waals surface area (Å²) in [5, 5.41) is 3.73. The van der Waals surface area contributed by atoms with Gasteiger partial charge in [0.1, 0.15) is 0 Å². The van der Waals surface area contributed by atoms with Crippen molar-refractivity contribution in [3.8, 4) is 0 Å². The molecule has 1 aromatic rings. The van der Waals surface area contributed by atoms with Gasteiger partial charge in [-0.1, -0.05) is 26.0 Å². The molecule has 0 amide bonds. The lowest BCUT2D eigenvalue weighted by Gasteiger charge is -2.29. The van der Waals surface area contributed by atoms with Crippen molar-refractivity contribution in [1.82, 2.24) is 10.2 Å². The Labute approximate surface area is 137 Å². The molecule has 2 atom stereocenters. The summed E-state index contributed by atoms with van der Waals surface area (Å²) < 4.78 is 1.31. The highest BCUT2D eigenvalue weighted by Crippen LogP contribution is 2.17. The van der Waals surface area contributed by atoms with Crippen molar-refractivity contribution in [3.63, 3.8) is 0 Å². The second-order valence-electron chi connectivity index (χ2n) is 6.47. The first-order valence-electron chi connectivity index (χ1n) is 7.76. The van der Waals surface area contributed by atoms with Gasteiger partial charge in [0.2, 0.25) is 0 Å². The zero-order valence-corrected chi connectivity index (χ0v) is 15.1. The largest absolute Gasteiger partial charge is 0.313 e. The molecule has 2 unspecified atom stereocenters. The van der Waals surface area contributed by atoms with Gasteiger partial charge in [-0.3, -0.25) is 4.90 Å². The van der Waals surface area contributed by atoms with Crippen LogP contribution in [0.15, 0.2) is 24.3 Å². The molecule has 0 radical (unpaired) electrons. The fraction of sp³-hybridized carbons (Fsp3) is 0.647. The number of halogens is 1. The molecule has 1 aliphatic rings. The molecule has 0 spiro atoms. The van der Waals surface area contributed by atoms with Crippen LogP contribution in [0.5, 0.6) is 0 Å². The summed E-state index contributed by atoms with van der Waals surface area (Å²) >= 11 is 2.37. The zero-order valence-electron chi connectivity index (χ0n) is 12.9. The van der Waals surface area contributed by atoms with Crippen molar-refractivity contribution in [1.29, 1.82) is 0 Å². The Hall–Kier alpha value is -0.130. The van der Waals surface area contributed by atoms with Crippen LogP contribution in [0.1, 0.15) is 39.2 Å². The van der Waals surface area contributed by atoms with Crippen LogP contribution in [-0.4, -0.2) is 30.1 Å². The topological polar surface area (TPSA) is 15.3 Å². The molecule has 3 heteroatoms.